The van der Waals surface area contributed by atoms with Gasteiger partial charge in [0.1, 0.15) is 17.2 Å². The molecule has 0 aliphatic carbocycles. The van der Waals surface area contributed by atoms with E-state index in [2.05, 4.69) is 20.7 Å². The van der Waals surface area contributed by atoms with Crippen LogP contribution in [0.3, 0.4) is 0 Å². The number of carbonyl (C=O) groups is 1. The highest BCUT2D eigenvalue weighted by Gasteiger charge is 2.30. The number of hydrogen-bond acceptors (Lipinski definition) is 3. The molecule has 0 fully saturated rings. The summed E-state index contributed by atoms with van der Waals surface area (Å²) in [4.78, 5) is 10.3. The van der Waals surface area contributed by atoms with Crippen LogP contribution >= 0.6 is 15.9 Å². The Balaban J connectivity index is 2.66. The minimum atomic E-state index is -4.42. The lowest BCUT2D eigenvalue weighted by Crippen LogP contribution is -2.23. The Morgan fingerprint density at radius 3 is 2.67 bits per heavy atom. The zero-order valence-corrected chi connectivity index (χ0v) is 10.9. The Bertz CT molecular complexity index is 420. The number of benzene rings is 1. The van der Waals surface area contributed by atoms with Gasteiger partial charge in [-0.15, -0.1) is 0 Å². The van der Waals surface area contributed by atoms with Gasteiger partial charge in [-0.25, -0.2) is 0 Å². The summed E-state index contributed by atoms with van der Waals surface area (Å²) >= 11 is 3.00. The molecule has 0 aliphatic rings. The smallest absolute Gasteiger partial charge is 0.416 e. The Kier molecular flexibility index (Phi) is 5.01. The number of rotatable bonds is 4. The average molecular weight is 327 g/mol. The van der Waals surface area contributed by atoms with Crippen LogP contribution in [0.4, 0.5) is 13.2 Å². The van der Waals surface area contributed by atoms with E-state index in [-0.39, 0.29) is 12.4 Å². The highest BCUT2D eigenvalue weighted by atomic mass is 79.9. The summed E-state index contributed by atoms with van der Waals surface area (Å²) in [6.07, 6.45) is -4.42. The largest absolute Gasteiger partial charge is 0.492 e. The first-order valence-electron chi connectivity index (χ1n) is 4.86. The number of methoxy groups -OCH3 is 1. The fourth-order valence-corrected chi connectivity index (χ4v) is 1.45. The lowest BCUT2D eigenvalue weighted by Gasteiger charge is -2.12. The van der Waals surface area contributed by atoms with Crippen LogP contribution in [0.2, 0.25) is 0 Å². The Hall–Kier alpha value is -1.24. The molecular weight excluding hydrogens is 317 g/mol. The van der Waals surface area contributed by atoms with Crippen LogP contribution in [0.1, 0.15) is 5.56 Å². The Morgan fingerprint density at radius 1 is 1.44 bits per heavy atom. The summed E-state index contributed by atoms with van der Waals surface area (Å²) in [5.41, 5.74) is -0.802. The molecule has 1 unspecified atom stereocenters. The predicted molar refractivity (Wildman–Crippen MR) is 61.7 cm³/mol. The van der Waals surface area contributed by atoms with Crippen molar-refractivity contribution in [2.24, 2.45) is 0 Å². The number of esters is 1. The van der Waals surface area contributed by atoms with Crippen LogP contribution in [0.25, 0.3) is 0 Å². The molecule has 0 N–H and O–H groups in total. The molecule has 0 saturated carbocycles. The first kappa shape index (κ1) is 14.8. The number of ether oxygens (including phenoxy) is 2. The van der Waals surface area contributed by atoms with E-state index < -0.39 is 22.5 Å². The van der Waals surface area contributed by atoms with Crippen molar-refractivity contribution in [3.8, 4) is 5.75 Å². The van der Waals surface area contributed by atoms with Gasteiger partial charge in [0, 0.05) is 0 Å². The van der Waals surface area contributed by atoms with Crippen LogP contribution < -0.4 is 4.74 Å². The molecule has 1 aromatic rings. The Labute approximate surface area is 110 Å². The summed E-state index contributed by atoms with van der Waals surface area (Å²) in [6.45, 7) is -0.117. The molecule has 0 spiro atoms. The lowest BCUT2D eigenvalue weighted by molar-refractivity contribution is -0.140. The third kappa shape index (κ3) is 4.21. The third-order valence-electron chi connectivity index (χ3n) is 2.01. The molecule has 0 saturated heterocycles. The maximum absolute atomic E-state index is 12.4. The minimum Gasteiger partial charge on any atom is -0.492 e. The zero-order valence-electron chi connectivity index (χ0n) is 9.33. The molecule has 1 atom stereocenters. The van der Waals surface area contributed by atoms with Crippen LogP contribution in [0.5, 0.6) is 5.75 Å². The first-order chi connectivity index (χ1) is 8.34. The molecule has 0 radical (unpaired) electrons. The summed E-state index contributed by atoms with van der Waals surface area (Å²) in [6, 6.07) is 4.43. The van der Waals surface area contributed by atoms with Crippen LogP contribution in [-0.4, -0.2) is 24.5 Å². The molecule has 18 heavy (non-hydrogen) atoms. The summed E-state index contributed by atoms with van der Waals surface area (Å²) in [7, 11) is 1.21. The molecule has 0 aliphatic heterocycles. The maximum atomic E-state index is 12.4. The molecule has 3 nitrogen and oxygen atoms in total. The van der Waals surface area contributed by atoms with Gasteiger partial charge in [-0.3, -0.25) is 4.79 Å². The zero-order chi connectivity index (χ0) is 13.8. The Morgan fingerprint density at radius 2 is 2.11 bits per heavy atom. The molecule has 100 valence electrons. The highest BCUT2D eigenvalue weighted by Crippen LogP contribution is 2.31. The fourth-order valence-electron chi connectivity index (χ4n) is 1.13. The van der Waals surface area contributed by atoms with Gasteiger partial charge in [-0.2, -0.15) is 13.2 Å². The molecule has 1 aromatic carbocycles. The molecular formula is C11H10BrF3O3. The molecule has 0 amide bonds. The van der Waals surface area contributed by atoms with E-state index in [0.717, 1.165) is 12.1 Å². The first-order valence-corrected chi connectivity index (χ1v) is 5.78. The molecule has 0 bridgehead atoms. The normalized spacial score (nSPS) is 12.9. The van der Waals surface area contributed by atoms with Gasteiger partial charge in [0.15, 0.2) is 0 Å². The molecule has 0 aromatic heterocycles. The highest BCUT2D eigenvalue weighted by molar-refractivity contribution is 9.10. The second-order valence-electron chi connectivity index (χ2n) is 3.33. The lowest BCUT2D eigenvalue weighted by atomic mass is 10.2. The standard InChI is InChI=1S/C11H10BrF3O3/c1-17-10(16)9(12)6-18-8-4-2-3-7(5-8)11(13,14)15/h2-5,9H,6H2,1H3. The van der Waals surface area contributed by atoms with Gasteiger partial charge in [0.05, 0.1) is 12.7 Å². The van der Waals surface area contributed by atoms with Crippen molar-refractivity contribution < 1.29 is 27.4 Å². The van der Waals surface area contributed by atoms with Crippen LogP contribution in [-0.2, 0) is 15.7 Å². The van der Waals surface area contributed by atoms with E-state index >= 15 is 0 Å². The van der Waals surface area contributed by atoms with Gasteiger partial charge in [0.25, 0.3) is 0 Å². The summed E-state index contributed by atoms with van der Waals surface area (Å²) in [5.74, 6) is -0.514. The van der Waals surface area contributed by atoms with Crippen molar-refractivity contribution in [3.05, 3.63) is 29.8 Å². The fraction of sp³-hybridized carbons (Fsp3) is 0.364. The number of halogens is 4. The topological polar surface area (TPSA) is 35.5 Å². The number of carbonyl (C=O) groups excluding carboxylic acids is 1. The van der Waals surface area contributed by atoms with Gasteiger partial charge in [0.2, 0.25) is 0 Å². The van der Waals surface area contributed by atoms with Gasteiger partial charge >= 0.3 is 12.1 Å². The number of hydrogen-bond donors (Lipinski definition) is 0. The van der Waals surface area contributed by atoms with E-state index in [4.69, 9.17) is 4.74 Å². The van der Waals surface area contributed by atoms with Crippen molar-refractivity contribution in [2.45, 2.75) is 11.0 Å². The van der Waals surface area contributed by atoms with Crippen molar-refractivity contribution in [3.63, 3.8) is 0 Å². The monoisotopic (exact) mass is 326 g/mol. The number of alkyl halides is 4. The average Bonchev–Trinajstić information content (AvgIpc) is 2.34. The SMILES string of the molecule is COC(=O)C(Br)COc1cccc(C(F)(F)F)c1. The van der Waals surface area contributed by atoms with Crippen LogP contribution in [0, 0.1) is 0 Å². The van der Waals surface area contributed by atoms with Crippen molar-refractivity contribution in [1.29, 1.82) is 0 Å². The van der Waals surface area contributed by atoms with Gasteiger partial charge in [-0.05, 0) is 18.2 Å². The van der Waals surface area contributed by atoms with Crippen LogP contribution in [0.15, 0.2) is 24.3 Å². The second kappa shape index (κ2) is 6.08. The molecule has 7 heteroatoms. The summed E-state index contributed by atoms with van der Waals surface area (Å²) < 4.78 is 46.7. The minimum absolute atomic E-state index is 0.0400. The van der Waals surface area contributed by atoms with Gasteiger partial charge in [-0.1, -0.05) is 22.0 Å². The van der Waals surface area contributed by atoms with E-state index in [1.165, 1.54) is 19.2 Å². The molecule has 0 heterocycles. The molecule has 1 rings (SSSR count). The van der Waals surface area contributed by atoms with Crippen molar-refractivity contribution >= 4 is 21.9 Å². The van der Waals surface area contributed by atoms with Gasteiger partial charge < -0.3 is 9.47 Å². The second-order valence-corrected chi connectivity index (χ2v) is 4.43. The van der Waals surface area contributed by atoms with Crippen molar-refractivity contribution in [2.75, 3.05) is 13.7 Å². The maximum Gasteiger partial charge on any atom is 0.416 e. The van der Waals surface area contributed by atoms with E-state index in [1.54, 1.807) is 0 Å². The third-order valence-corrected chi connectivity index (χ3v) is 2.65. The predicted octanol–water partition coefficient (Wildman–Crippen LogP) is 3.02. The quantitative estimate of drug-likeness (QED) is 0.630. The van der Waals surface area contributed by atoms with E-state index in [9.17, 15) is 18.0 Å². The van der Waals surface area contributed by atoms with Crippen molar-refractivity contribution in [1.82, 2.24) is 0 Å². The summed E-state index contributed by atoms with van der Waals surface area (Å²) in [5, 5.41) is 0. The van der Waals surface area contributed by atoms with E-state index in [0.29, 0.717) is 0 Å². The van der Waals surface area contributed by atoms with E-state index in [1.807, 2.05) is 0 Å².